The van der Waals surface area contributed by atoms with Crippen LogP contribution in [0, 0.1) is 0 Å². The predicted octanol–water partition coefficient (Wildman–Crippen LogP) is 3.05. The van der Waals surface area contributed by atoms with Crippen LogP contribution in [0.4, 0.5) is 5.95 Å². The molecule has 1 saturated heterocycles. The Hall–Kier alpha value is -2.93. The van der Waals surface area contributed by atoms with E-state index in [9.17, 15) is 4.79 Å². The molecule has 0 radical (unpaired) electrons. The van der Waals surface area contributed by atoms with Gasteiger partial charge in [0, 0.05) is 43.5 Å². The molecule has 5 rings (SSSR count). The molecule has 2 aliphatic rings. The summed E-state index contributed by atoms with van der Waals surface area (Å²) in [6, 6.07) is 8.14. The largest absolute Gasteiger partial charge is 0.497 e. The standard InChI is InChI=1S/C23H27N5O2/c1-27-10-4-3-7-20(27)17-12-16(30-2)13-19-21(17)22(29)26-23(25-19)28-11-8-18-15(14-28)6-5-9-24-18/h5-6,9,12-13,20H,3-4,7-8,10-11,14H2,1-2H3,(H,25,26,29). The molecule has 0 amide bonds. The number of hydrogen-bond acceptors (Lipinski definition) is 6. The lowest BCUT2D eigenvalue weighted by Gasteiger charge is -2.33. The summed E-state index contributed by atoms with van der Waals surface area (Å²) < 4.78 is 5.57. The molecule has 7 nitrogen and oxygen atoms in total. The zero-order valence-corrected chi connectivity index (χ0v) is 17.5. The van der Waals surface area contributed by atoms with Crippen molar-refractivity contribution in [1.82, 2.24) is 19.9 Å². The Morgan fingerprint density at radius 3 is 2.97 bits per heavy atom. The van der Waals surface area contributed by atoms with Crippen LogP contribution in [0.15, 0.2) is 35.3 Å². The Balaban J connectivity index is 1.59. The molecule has 2 aliphatic heterocycles. The van der Waals surface area contributed by atoms with E-state index in [1.807, 2.05) is 24.4 Å². The van der Waals surface area contributed by atoms with E-state index in [1.54, 1.807) is 7.11 Å². The number of likely N-dealkylation sites (tertiary alicyclic amines) is 1. The number of H-pyrrole nitrogens is 1. The summed E-state index contributed by atoms with van der Waals surface area (Å²) in [6.07, 6.45) is 6.07. The SMILES string of the molecule is COc1cc(C2CCCCN2C)c2c(=O)[nH]c(N3CCc4ncccc4C3)nc2c1. The number of aromatic amines is 1. The van der Waals surface area contributed by atoms with Crippen LogP contribution >= 0.6 is 0 Å². The highest BCUT2D eigenvalue weighted by atomic mass is 16.5. The fourth-order valence-electron chi connectivity index (χ4n) is 4.81. The molecule has 0 spiro atoms. The number of piperidine rings is 1. The topological polar surface area (TPSA) is 74.3 Å². The molecule has 30 heavy (non-hydrogen) atoms. The van der Waals surface area contributed by atoms with Crippen molar-refractivity contribution >= 4 is 16.9 Å². The van der Waals surface area contributed by atoms with Gasteiger partial charge in [0.1, 0.15) is 5.75 Å². The molecule has 0 bridgehead atoms. The number of nitrogens with zero attached hydrogens (tertiary/aromatic N) is 4. The molecular formula is C23H27N5O2. The Bertz CT molecular complexity index is 1140. The predicted molar refractivity (Wildman–Crippen MR) is 117 cm³/mol. The van der Waals surface area contributed by atoms with Crippen molar-refractivity contribution in [1.29, 1.82) is 0 Å². The Kier molecular flexibility index (Phi) is 4.90. The van der Waals surface area contributed by atoms with Gasteiger partial charge in [-0.1, -0.05) is 12.5 Å². The van der Waals surface area contributed by atoms with E-state index in [0.29, 0.717) is 23.4 Å². The zero-order valence-electron chi connectivity index (χ0n) is 17.5. The third kappa shape index (κ3) is 3.33. The summed E-state index contributed by atoms with van der Waals surface area (Å²) >= 11 is 0. The summed E-state index contributed by atoms with van der Waals surface area (Å²) in [6.45, 7) is 2.51. The number of ether oxygens (including phenoxy) is 1. The maximum atomic E-state index is 13.3. The quantitative estimate of drug-likeness (QED) is 0.722. The van der Waals surface area contributed by atoms with Crippen molar-refractivity contribution in [2.24, 2.45) is 0 Å². The first kappa shape index (κ1) is 19.1. The Morgan fingerprint density at radius 2 is 2.13 bits per heavy atom. The van der Waals surface area contributed by atoms with Crippen LogP contribution in [0.1, 0.15) is 42.1 Å². The van der Waals surface area contributed by atoms with Gasteiger partial charge in [0.05, 0.1) is 18.0 Å². The average Bonchev–Trinajstić information content (AvgIpc) is 2.78. The normalized spacial score (nSPS) is 19.7. The molecule has 7 heteroatoms. The van der Waals surface area contributed by atoms with Gasteiger partial charge in [-0.15, -0.1) is 0 Å². The maximum absolute atomic E-state index is 13.3. The minimum Gasteiger partial charge on any atom is -0.497 e. The van der Waals surface area contributed by atoms with E-state index in [1.165, 1.54) is 18.4 Å². The van der Waals surface area contributed by atoms with Crippen LogP contribution in [-0.2, 0) is 13.0 Å². The van der Waals surface area contributed by atoms with Gasteiger partial charge in [-0.25, -0.2) is 4.98 Å². The highest BCUT2D eigenvalue weighted by molar-refractivity contribution is 5.84. The van der Waals surface area contributed by atoms with E-state index in [2.05, 4.69) is 32.9 Å². The Morgan fingerprint density at radius 1 is 1.23 bits per heavy atom. The van der Waals surface area contributed by atoms with Gasteiger partial charge in [-0.05, 0) is 49.7 Å². The summed E-state index contributed by atoms with van der Waals surface area (Å²) in [7, 11) is 3.79. The molecule has 1 N–H and O–H groups in total. The molecule has 1 aromatic carbocycles. The number of anilines is 1. The zero-order chi connectivity index (χ0) is 20.7. The smallest absolute Gasteiger partial charge is 0.260 e. The van der Waals surface area contributed by atoms with Crippen molar-refractivity contribution < 1.29 is 4.74 Å². The second-order valence-electron chi connectivity index (χ2n) is 8.27. The van der Waals surface area contributed by atoms with Gasteiger partial charge in [0.2, 0.25) is 5.95 Å². The van der Waals surface area contributed by atoms with Crippen molar-refractivity contribution in [3.8, 4) is 5.75 Å². The van der Waals surface area contributed by atoms with Crippen LogP contribution in [0.2, 0.25) is 0 Å². The fraction of sp³-hybridized carbons (Fsp3) is 0.435. The van der Waals surface area contributed by atoms with Crippen LogP contribution in [0.3, 0.4) is 0 Å². The average molecular weight is 406 g/mol. The lowest BCUT2D eigenvalue weighted by atomic mass is 9.93. The van der Waals surface area contributed by atoms with Gasteiger partial charge in [-0.2, -0.15) is 0 Å². The van der Waals surface area contributed by atoms with E-state index in [0.717, 1.165) is 42.9 Å². The van der Waals surface area contributed by atoms with Crippen molar-refractivity contribution in [3.63, 3.8) is 0 Å². The van der Waals surface area contributed by atoms with Crippen LogP contribution in [-0.4, -0.2) is 47.1 Å². The molecule has 4 heterocycles. The number of rotatable bonds is 3. The lowest BCUT2D eigenvalue weighted by Crippen LogP contribution is -2.34. The first-order valence-electron chi connectivity index (χ1n) is 10.6. The number of pyridine rings is 1. The van der Waals surface area contributed by atoms with E-state index in [4.69, 9.17) is 9.72 Å². The number of nitrogens with one attached hydrogen (secondary N) is 1. The minimum absolute atomic E-state index is 0.0800. The highest BCUT2D eigenvalue weighted by Crippen LogP contribution is 2.35. The first-order valence-corrected chi connectivity index (χ1v) is 10.6. The van der Waals surface area contributed by atoms with E-state index < -0.39 is 0 Å². The molecule has 0 aliphatic carbocycles. The van der Waals surface area contributed by atoms with Crippen LogP contribution in [0.5, 0.6) is 5.75 Å². The second kappa shape index (κ2) is 7.72. The molecule has 1 unspecified atom stereocenters. The Labute approximate surface area is 175 Å². The summed E-state index contributed by atoms with van der Waals surface area (Å²) in [5, 5.41) is 0.678. The number of benzene rings is 1. The fourth-order valence-corrected chi connectivity index (χ4v) is 4.81. The third-order valence-electron chi connectivity index (χ3n) is 6.43. The number of fused-ring (bicyclic) bond motifs is 2. The van der Waals surface area contributed by atoms with Crippen molar-refractivity contribution in [2.45, 2.75) is 38.3 Å². The number of methoxy groups -OCH3 is 1. The van der Waals surface area contributed by atoms with E-state index in [-0.39, 0.29) is 11.6 Å². The summed E-state index contributed by atoms with van der Waals surface area (Å²) in [4.78, 5) is 30.1. The van der Waals surface area contributed by atoms with Crippen molar-refractivity contribution in [2.75, 3.05) is 32.1 Å². The van der Waals surface area contributed by atoms with Gasteiger partial charge in [-0.3, -0.25) is 19.7 Å². The molecule has 3 aromatic rings. The minimum atomic E-state index is -0.0800. The monoisotopic (exact) mass is 405 g/mol. The van der Waals surface area contributed by atoms with E-state index >= 15 is 0 Å². The van der Waals surface area contributed by atoms with Gasteiger partial charge in [0.15, 0.2) is 0 Å². The van der Waals surface area contributed by atoms with Gasteiger partial charge in [0.25, 0.3) is 5.56 Å². The van der Waals surface area contributed by atoms with Gasteiger partial charge >= 0.3 is 0 Å². The number of aromatic nitrogens is 3. The van der Waals surface area contributed by atoms with Crippen molar-refractivity contribution in [3.05, 3.63) is 57.6 Å². The summed E-state index contributed by atoms with van der Waals surface area (Å²) in [5.41, 5.74) is 3.94. The van der Waals surface area contributed by atoms with Crippen LogP contribution in [0.25, 0.3) is 10.9 Å². The van der Waals surface area contributed by atoms with Gasteiger partial charge < -0.3 is 9.64 Å². The molecule has 0 saturated carbocycles. The number of hydrogen-bond donors (Lipinski definition) is 1. The van der Waals surface area contributed by atoms with Crippen LogP contribution < -0.4 is 15.2 Å². The molecule has 1 fully saturated rings. The third-order valence-corrected chi connectivity index (χ3v) is 6.43. The highest BCUT2D eigenvalue weighted by Gasteiger charge is 2.26. The summed E-state index contributed by atoms with van der Waals surface area (Å²) in [5.74, 6) is 1.35. The maximum Gasteiger partial charge on any atom is 0.260 e. The molecule has 156 valence electrons. The molecule has 2 aromatic heterocycles. The molecule has 1 atom stereocenters. The lowest BCUT2D eigenvalue weighted by molar-refractivity contribution is 0.188. The molecular weight excluding hydrogens is 378 g/mol. The second-order valence-corrected chi connectivity index (χ2v) is 8.27. The first-order chi connectivity index (χ1) is 14.6.